The number of ketones is 1. The summed E-state index contributed by atoms with van der Waals surface area (Å²) in [6, 6.07) is -0.354. The van der Waals surface area contributed by atoms with Crippen LogP contribution in [0.1, 0.15) is 6.42 Å². The van der Waals surface area contributed by atoms with Crippen molar-refractivity contribution in [1.82, 2.24) is 15.1 Å². The van der Waals surface area contributed by atoms with Crippen molar-refractivity contribution in [3.63, 3.8) is 0 Å². The number of carbonyl (C=O) groups excluding carboxylic acids is 1. The van der Waals surface area contributed by atoms with Crippen LogP contribution in [0.3, 0.4) is 0 Å². The third kappa shape index (κ3) is 2.72. The lowest BCUT2D eigenvalue weighted by molar-refractivity contribution is -0.124. The van der Waals surface area contributed by atoms with Gasteiger partial charge in [-0.1, -0.05) is 12.2 Å². The topological polar surface area (TPSA) is 91.3 Å². The molecule has 0 aromatic rings. The Labute approximate surface area is 162 Å². The van der Waals surface area contributed by atoms with Crippen LogP contribution < -0.4 is 5.32 Å². The number of carboxylic acid groups (broad SMARTS) is 1. The van der Waals surface area contributed by atoms with E-state index in [0.717, 1.165) is 43.2 Å². The van der Waals surface area contributed by atoms with Crippen LogP contribution in [0.15, 0.2) is 59.4 Å². The molecule has 0 aromatic heterocycles. The quantitative estimate of drug-likeness (QED) is 0.686. The Balaban J connectivity index is 1.54. The first-order valence-electron chi connectivity index (χ1n) is 9.48. The van der Waals surface area contributed by atoms with Crippen LogP contribution in [0, 0.1) is 0 Å². The number of nitrogens with zero attached hydrogens (tertiary/aromatic N) is 2. The van der Waals surface area contributed by atoms with Gasteiger partial charge in [0.15, 0.2) is 5.76 Å². The number of fused-ring (bicyclic) bond motifs is 2. The van der Waals surface area contributed by atoms with Crippen LogP contribution in [0.4, 0.5) is 4.79 Å². The maximum atomic E-state index is 12.4. The molecule has 5 aliphatic rings. The van der Waals surface area contributed by atoms with E-state index in [1.807, 2.05) is 12.3 Å². The van der Waals surface area contributed by atoms with Gasteiger partial charge in [0.1, 0.15) is 17.9 Å². The molecule has 2 N–H and O–H groups in total. The monoisotopic (exact) mass is 383 g/mol. The lowest BCUT2D eigenvalue weighted by Crippen LogP contribution is -2.57. The molecule has 0 amide bonds. The molecule has 3 unspecified atom stereocenters. The van der Waals surface area contributed by atoms with Gasteiger partial charge in [-0.05, 0) is 23.8 Å². The van der Waals surface area contributed by atoms with Gasteiger partial charge in [-0.15, -0.1) is 0 Å². The molecule has 2 fully saturated rings. The second-order valence-corrected chi connectivity index (χ2v) is 7.35. The zero-order valence-electron chi connectivity index (χ0n) is 15.2. The number of hydrogen-bond donors (Lipinski definition) is 2. The molecule has 0 aromatic carbocycles. The highest BCUT2D eigenvalue weighted by molar-refractivity contribution is 5.96. The summed E-state index contributed by atoms with van der Waals surface area (Å²) in [5.41, 5.74) is 2.17. The van der Waals surface area contributed by atoms with Crippen LogP contribution in [0.2, 0.25) is 0 Å². The van der Waals surface area contributed by atoms with E-state index in [-0.39, 0.29) is 36.2 Å². The van der Waals surface area contributed by atoms with E-state index >= 15 is 0 Å². The third-order valence-corrected chi connectivity index (χ3v) is 5.74. The van der Waals surface area contributed by atoms with E-state index in [2.05, 4.69) is 33.3 Å². The average molecular weight is 383 g/mol. The van der Waals surface area contributed by atoms with Crippen molar-refractivity contribution in [2.24, 2.45) is 0 Å². The van der Waals surface area contributed by atoms with E-state index in [9.17, 15) is 9.59 Å². The van der Waals surface area contributed by atoms with Crippen LogP contribution >= 0.6 is 0 Å². The Hall–Kier alpha value is -3.00. The largest absolute Gasteiger partial charge is 0.511 e. The molecule has 3 atom stereocenters. The number of allylic oxidation sites excluding steroid dienone is 4. The van der Waals surface area contributed by atoms with Gasteiger partial charge in [-0.3, -0.25) is 4.79 Å². The molecule has 0 spiro atoms. The maximum Gasteiger partial charge on any atom is 0.511 e. The van der Waals surface area contributed by atoms with Crippen molar-refractivity contribution in [1.29, 1.82) is 0 Å². The highest BCUT2D eigenvalue weighted by atomic mass is 16.7. The molecule has 5 rings (SSSR count). The summed E-state index contributed by atoms with van der Waals surface area (Å²) in [5, 5.41) is 12.3. The number of morpholine rings is 1. The third-order valence-electron chi connectivity index (χ3n) is 5.74. The minimum Gasteiger partial charge on any atom is -0.487 e. The molecule has 146 valence electrons. The summed E-state index contributed by atoms with van der Waals surface area (Å²) >= 11 is 0. The number of ether oxygens (including phenoxy) is 2. The summed E-state index contributed by atoms with van der Waals surface area (Å²) in [4.78, 5) is 27.7. The Bertz CT molecular complexity index is 878. The molecular weight excluding hydrogens is 362 g/mol. The first-order valence-corrected chi connectivity index (χ1v) is 9.48. The minimum atomic E-state index is -1.48. The van der Waals surface area contributed by atoms with Gasteiger partial charge in [0.25, 0.3) is 0 Å². The Morgan fingerprint density at radius 1 is 1.29 bits per heavy atom. The molecule has 2 aliphatic carbocycles. The summed E-state index contributed by atoms with van der Waals surface area (Å²) in [6.07, 6.45) is 10.0. The van der Waals surface area contributed by atoms with Crippen LogP contribution in [0.5, 0.6) is 0 Å². The zero-order chi connectivity index (χ0) is 19.3. The molecule has 2 saturated heterocycles. The van der Waals surface area contributed by atoms with Crippen LogP contribution in [-0.4, -0.2) is 71.2 Å². The molecule has 28 heavy (non-hydrogen) atoms. The van der Waals surface area contributed by atoms with Gasteiger partial charge in [0.05, 0.1) is 18.2 Å². The second kappa shape index (κ2) is 6.56. The van der Waals surface area contributed by atoms with Crippen molar-refractivity contribution in [3.8, 4) is 0 Å². The van der Waals surface area contributed by atoms with E-state index in [1.165, 1.54) is 0 Å². The number of hydrogen-bond acceptors (Lipinski definition) is 7. The fourth-order valence-electron chi connectivity index (χ4n) is 4.49. The number of rotatable bonds is 2. The van der Waals surface area contributed by atoms with Crippen molar-refractivity contribution in [2.45, 2.75) is 24.6 Å². The lowest BCUT2D eigenvalue weighted by atomic mass is 9.86. The maximum absolute atomic E-state index is 12.4. The fraction of sp³-hybridized carbons (Fsp3) is 0.400. The molecule has 3 aliphatic heterocycles. The van der Waals surface area contributed by atoms with E-state index in [4.69, 9.17) is 14.6 Å². The Kier molecular flexibility index (Phi) is 4.01. The SMILES string of the molecule is O=C(O)OC1=CC2C(CC1=O)OC1=C(N3CCNCC3)C=CC3=CC=CN2C31. The number of piperazine rings is 1. The summed E-state index contributed by atoms with van der Waals surface area (Å²) in [6.45, 7) is 3.64. The fourth-order valence-corrected chi connectivity index (χ4v) is 4.49. The highest BCUT2D eigenvalue weighted by Gasteiger charge is 2.47. The lowest BCUT2D eigenvalue weighted by Gasteiger charge is -2.50. The van der Waals surface area contributed by atoms with Crippen molar-refractivity contribution in [3.05, 3.63) is 59.4 Å². The molecule has 0 bridgehead atoms. The van der Waals surface area contributed by atoms with Crippen molar-refractivity contribution in [2.75, 3.05) is 26.2 Å². The Morgan fingerprint density at radius 3 is 2.89 bits per heavy atom. The van der Waals surface area contributed by atoms with Crippen molar-refractivity contribution < 1.29 is 24.2 Å². The number of Topliss-reactive ketones (excluding diaryl/α,β-unsaturated/α-hetero) is 1. The second-order valence-electron chi connectivity index (χ2n) is 7.35. The van der Waals surface area contributed by atoms with Gasteiger partial charge in [-0.2, -0.15) is 0 Å². The molecule has 0 radical (unpaired) electrons. The molecular formula is C20H21N3O5. The first-order chi connectivity index (χ1) is 13.6. The summed E-state index contributed by atoms with van der Waals surface area (Å²) in [7, 11) is 0. The van der Waals surface area contributed by atoms with Crippen molar-refractivity contribution >= 4 is 11.9 Å². The minimum absolute atomic E-state index is 0.0853. The van der Waals surface area contributed by atoms with Crippen LogP contribution in [0.25, 0.3) is 0 Å². The van der Waals surface area contributed by atoms with Crippen LogP contribution in [-0.2, 0) is 14.3 Å². The Morgan fingerprint density at radius 2 is 2.11 bits per heavy atom. The average Bonchev–Trinajstić information content (AvgIpc) is 2.70. The van der Waals surface area contributed by atoms with Gasteiger partial charge < -0.3 is 29.7 Å². The molecule has 3 heterocycles. The smallest absolute Gasteiger partial charge is 0.487 e. The summed E-state index contributed by atoms with van der Waals surface area (Å²) in [5.74, 6) is 0.391. The molecule has 8 nitrogen and oxygen atoms in total. The normalized spacial score (nSPS) is 30.9. The molecule has 0 saturated carbocycles. The van der Waals surface area contributed by atoms with Gasteiger partial charge in [-0.25, -0.2) is 4.79 Å². The highest BCUT2D eigenvalue weighted by Crippen LogP contribution is 2.42. The van der Waals surface area contributed by atoms with E-state index in [0.29, 0.717) is 0 Å². The van der Waals surface area contributed by atoms with Gasteiger partial charge in [0, 0.05) is 32.4 Å². The number of nitrogens with one attached hydrogen (secondary N) is 1. The summed E-state index contributed by atoms with van der Waals surface area (Å²) < 4.78 is 11.1. The standard InChI is InChI=1S/C20H21N3O5/c24-15-11-16-14(10-17(15)28-20(25)26)23-7-1-2-12-3-4-13(19(27-16)18(12)23)22-8-5-21-6-9-22/h1-4,7,10,14,16,18,21H,5-6,8-9,11H2,(H,25,26). The van der Waals surface area contributed by atoms with Gasteiger partial charge in [0.2, 0.25) is 5.78 Å². The first kappa shape index (κ1) is 17.1. The predicted molar refractivity (Wildman–Crippen MR) is 98.9 cm³/mol. The zero-order valence-corrected chi connectivity index (χ0v) is 15.2. The molecule has 8 heteroatoms. The van der Waals surface area contributed by atoms with E-state index in [1.54, 1.807) is 6.08 Å². The van der Waals surface area contributed by atoms with Gasteiger partial charge >= 0.3 is 6.16 Å². The predicted octanol–water partition coefficient (Wildman–Crippen LogP) is 1.12. The number of carbonyl (C=O) groups is 2. The van der Waals surface area contributed by atoms with E-state index < -0.39 is 6.16 Å².